The molecule has 6 heterocycles. The zero-order valence-electron chi connectivity index (χ0n) is 67.6. The summed E-state index contributed by atoms with van der Waals surface area (Å²) in [4.78, 5) is 0. The van der Waals surface area contributed by atoms with E-state index in [-0.39, 0.29) is 0 Å². The van der Waals surface area contributed by atoms with Crippen molar-refractivity contribution >= 4 is 142 Å². The first kappa shape index (κ1) is 70.5. The number of hydrogen-bond donors (Lipinski definition) is 0. The summed E-state index contributed by atoms with van der Waals surface area (Å²) in [5.41, 5.74) is 33.3. The Hall–Kier alpha value is -16.5. The number of nitrogens with zero attached hydrogens (tertiary/aromatic N) is 6. The third-order valence-corrected chi connectivity index (χ3v) is 25.8. The first-order valence-corrected chi connectivity index (χ1v) is 42.7. The Morgan fingerprint density at radius 3 is 0.637 bits per heavy atom. The van der Waals surface area contributed by atoms with Gasteiger partial charge in [0.05, 0.1) is 66.2 Å². The summed E-state index contributed by atoms with van der Waals surface area (Å²) in [5, 5.41) is 17.4. The lowest BCUT2D eigenvalue weighted by Gasteiger charge is -2.11. The maximum absolute atomic E-state index is 2.44. The fourth-order valence-electron chi connectivity index (χ4n) is 20.1. The highest BCUT2D eigenvalue weighted by molar-refractivity contribution is 6.22. The largest absolute Gasteiger partial charge is 0.309 e. The van der Waals surface area contributed by atoms with E-state index in [0.29, 0.717) is 0 Å². The molecule has 0 amide bonds. The molecule has 124 heavy (non-hydrogen) atoms. The molecule has 0 saturated heterocycles. The highest BCUT2D eigenvalue weighted by Crippen LogP contribution is 2.47. The first-order chi connectivity index (χ1) is 61.5. The normalized spacial score (nSPS) is 11.9. The van der Waals surface area contributed by atoms with Crippen LogP contribution >= 0.6 is 0 Å². The van der Waals surface area contributed by atoms with E-state index in [4.69, 9.17) is 0 Å². The van der Waals surface area contributed by atoms with Gasteiger partial charge >= 0.3 is 0 Å². The Labute approximate surface area is 714 Å². The molecule has 578 valence electrons. The van der Waals surface area contributed by atoms with Crippen LogP contribution in [0.2, 0.25) is 0 Å². The molecule has 6 aromatic heterocycles. The van der Waals surface area contributed by atoms with Crippen LogP contribution in [0.1, 0.15) is 0 Å². The highest BCUT2D eigenvalue weighted by Gasteiger charge is 2.25. The van der Waals surface area contributed by atoms with Crippen molar-refractivity contribution in [2.24, 2.45) is 0 Å². The van der Waals surface area contributed by atoms with E-state index in [1.807, 2.05) is 0 Å². The number of fused-ring (bicyclic) bond motifs is 19. The summed E-state index contributed by atoms with van der Waals surface area (Å²) in [6, 6.07) is 169. The average Bonchev–Trinajstić information content (AvgIpc) is 1.58. The molecule has 0 radical (unpaired) electrons. The van der Waals surface area contributed by atoms with Crippen LogP contribution < -0.4 is 0 Å². The van der Waals surface area contributed by atoms with Crippen LogP contribution in [0, 0.1) is 0 Å². The zero-order valence-corrected chi connectivity index (χ0v) is 67.6. The summed E-state index contributed by atoms with van der Waals surface area (Å²) in [6.45, 7) is 0. The number of para-hydroxylation sites is 6. The number of rotatable bonds is 11. The van der Waals surface area contributed by atoms with Crippen molar-refractivity contribution < 1.29 is 0 Å². The van der Waals surface area contributed by atoms with Crippen LogP contribution in [-0.4, -0.2) is 27.4 Å². The lowest BCUT2D eigenvalue weighted by atomic mass is 10.00. The van der Waals surface area contributed by atoms with Crippen molar-refractivity contribution in [2.45, 2.75) is 0 Å². The van der Waals surface area contributed by atoms with E-state index in [1.165, 1.54) is 197 Å². The molecule has 0 atom stereocenters. The van der Waals surface area contributed by atoms with Crippen molar-refractivity contribution in [3.8, 4) is 89.8 Å². The van der Waals surface area contributed by atoms with Gasteiger partial charge in [-0.2, -0.15) is 0 Å². The molecule has 0 aliphatic heterocycles. The Morgan fingerprint density at radius 2 is 0.306 bits per heavy atom. The van der Waals surface area contributed by atoms with E-state index in [2.05, 4.69) is 488 Å². The van der Waals surface area contributed by atoms with Crippen LogP contribution in [0.5, 0.6) is 0 Å². The lowest BCUT2D eigenvalue weighted by Crippen LogP contribution is -1.96. The van der Waals surface area contributed by atoms with Gasteiger partial charge in [-0.25, -0.2) is 0 Å². The molecular weight excluding hydrogens is 1500 g/mol. The molecule has 0 N–H and O–H groups in total. The molecule has 0 saturated carbocycles. The Bertz CT molecular complexity index is 8730. The van der Waals surface area contributed by atoms with Gasteiger partial charge < -0.3 is 27.4 Å². The maximum Gasteiger partial charge on any atom is 0.0562 e. The van der Waals surface area contributed by atoms with Gasteiger partial charge in [0.2, 0.25) is 0 Å². The lowest BCUT2D eigenvalue weighted by molar-refractivity contribution is 1.16. The molecule has 0 fully saturated rings. The minimum Gasteiger partial charge on any atom is -0.309 e. The first-order valence-electron chi connectivity index (χ1n) is 42.7. The van der Waals surface area contributed by atoms with E-state index < -0.39 is 0 Å². The van der Waals surface area contributed by atoms with E-state index in [9.17, 15) is 0 Å². The SMILES string of the molecule is c1ccc(-c2ccc(-n3c4ccccc4c4cc(-c5ccc6c(c5)c5cc7c8ccccc8n(-c8ccc(-c9ccccc9)cc8)c7cc5n6-c5ccccc5)ccc43)cc2)cc1.c1ccc(-c2ccc(-n3c4ccccc4c4cc(-c5ccc6c(c5)c5cc7c8ccccc8n(-c8ccc9ccccc9c8)c7cc5n6-c5ccccc5)ccc43)cc2)cc1. The van der Waals surface area contributed by atoms with Gasteiger partial charge in [-0.15, -0.1) is 0 Å². The van der Waals surface area contributed by atoms with E-state index in [1.54, 1.807) is 0 Å². The molecule has 0 aliphatic rings. The third-order valence-electron chi connectivity index (χ3n) is 25.8. The second-order valence-corrected chi connectivity index (χ2v) is 32.7. The molecule has 0 aliphatic carbocycles. The summed E-state index contributed by atoms with van der Waals surface area (Å²) in [7, 11) is 0. The predicted molar refractivity (Wildman–Crippen MR) is 524 cm³/mol. The van der Waals surface area contributed by atoms with Gasteiger partial charge in [-0.3, -0.25) is 0 Å². The smallest absolute Gasteiger partial charge is 0.0562 e. The van der Waals surface area contributed by atoms with Crippen LogP contribution in [0.3, 0.4) is 0 Å². The molecule has 0 bridgehead atoms. The van der Waals surface area contributed by atoms with Crippen molar-refractivity contribution in [1.29, 1.82) is 0 Å². The Morgan fingerprint density at radius 1 is 0.0968 bits per heavy atom. The molecule has 26 rings (SSSR count). The highest BCUT2D eigenvalue weighted by atomic mass is 15.0. The summed E-state index contributed by atoms with van der Waals surface area (Å²) in [6.07, 6.45) is 0. The second-order valence-electron chi connectivity index (χ2n) is 32.7. The topological polar surface area (TPSA) is 29.6 Å². The average molecular weight is 1580 g/mol. The molecule has 26 aromatic rings. The van der Waals surface area contributed by atoms with Crippen molar-refractivity contribution in [1.82, 2.24) is 27.4 Å². The van der Waals surface area contributed by atoms with Gasteiger partial charge in [-0.1, -0.05) is 291 Å². The number of hydrogen-bond acceptors (Lipinski definition) is 0. The molecular formula is C118H76N6. The molecule has 0 unspecified atom stereocenters. The fourth-order valence-corrected chi connectivity index (χ4v) is 20.1. The van der Waals surface area contributed by atoms with Gasteiger partial charge in [0.25, 0.3) is 0 Å². The van der Waals surface area contributed by atoms with Gasteiger partial charge in [-0.05, 0) is 236 Å². The second kappa shape index (κ2) is 28.6. The van der Waals surface area contributed by atoms with Crippen LogP contribution in [0.4, 0.5) is 0 Å². The standard InChI is InChI=1S/C60H39N3.C58H37N3/c1-4-14-40(15-5-1)42-24-30-47(31-25-42)61-55-22-12-10-20-49(55)51-36-44(28-34-57(51)61)45-29-35-58-52(37-45)54-38-53-50-21-11-13-23-56(50)63(48-32-26-43(27-33-48)41-16-6-2-7-17-41)59(53)39-60(54)62(58)46-18-8-3-9-19-46;1-3-13-38(14-4-1)40-23-28-45(29-24-40)59-53-21-11-9-19-47(53)49-34-42(26-31-55(49)59)43-27-32-56-50(35-43)52-36-51-48-20-10-12-22-54(48)61(46-30-25-39-15-7-8-16-41(39)33-46)57(51)37-58(52)60(56)44-17-5-2-6-18-44/h1-39H;1-37H. The number of aromatic nitrogens is 6. The van der Waals surface area contributed by atoms with Gasteiger partial charge in [0.15, 0.2) is 0 Å². The Balaban J connectivity index is 0.000000136. The van der Waals surface area contributed by atoms with Gasteiger partial charge in [0.1, 0.15) is 0 Å². The maximum atomic E-state index is 2.44. The quantitative estimate of drug-likeness (QED) is 0.124. The summed E-state index contributed by atoms with van der Waals surface area (Å²) in [5.74, 6) is 0. The van der Waals surface area contributed by atoms with E-state index >= 15 is 0 Å². The molecule has 6 heteroatoms. The summed E-state index contributed by atoms with van der Waals surface area (Å²) < 4.78 is 14.6. The Kier molecular flexibility index (Phi) is 16.3. The van der Waals surface area contributed by atoms with Crippen LogP contribution in [-0.2, 0) is 0 Å². The predicted octanol–water partition coefficient (Wildman–Crippen LogP) is 31.4. The number of benzene rings is 20. The van der Waals surface area contributed by atoms with Crippen LogP contribution in [0.15, 0.2) is 461 Å². The van der Waals surface area contributed by atoms with Crippen molar-refractivity contribution in [3.05, 3.63) is 461 Å². The third kappa shape index (κ3) is 11.4. The molecule has 6 nitrogen and oxygen atoms in total. The van der Waals surface area contributed by atoms with E-state index in [0.717, 1.165) is 34.1 Å². The summed E-state index contributed by atoms with van der Waals surface area (Å²) >= 11 is 0. The molecule has 20 aromatic carbocycles. The minimum atomic E-state index is 1.14. The minimum absolute atomic E-state index is 1.14. The molecule has 0 spiro atoms. The van der Waals surface area contributed by atoms with Crippen molar-refractivity contribution in [3.63, 3.8) is 0 Å². The van der Waals surface area contributed by atoms with Crippen molar-refractivity contribution in [2.75, 3.05) is 0 Å². The van der Waals surface area contributed by atoms with Gasteiger partial charge in [0, 0.05) is 98.8 Å². The fraction of sp³-hybridized carbons (Fsp3) is 0. The zero-order chi connectivity index (χ0) is 81.5. The van der Waals surface area contributed by atoms with Crippen LogP contribution in [0.25, 0.3) is 231 Å². The monoisotopic (exact) mass is 1580 g/mol.